The lowest BCUT2D eigenvalue weighted by molar-refractivity contribution is 0.170. The number of rotatable bonds is 1. The van der Waals surface area contributed by atoms with Gasteiger partial charge in [-0.15, -0.1) is 0 Å². The van der Waals surface area contributed by atoms with Gasteiger partial charge in [-0.1, -0.05) is 60.3 Å². The van der Waals surface area contributed by atoms with Crippen LogP contribution in [0.25, 0.3) is 0 Å². The van der Waals surface area contributed by atoms with Gasteiger partial charge in [0.05, 0.1) is 0 Å². The maximum absolute atomic E-state index is 2.42. The molecule has 1 saturated carbocycles. The third kappa shape index (κ3) is 4.17. The molecule has 0 N–H and O–H groups in total. The Kier molecular flexibility index (Phi) is 4.67. The van der Waals surface area contributed by atoms with Crippen molar-refractivity contribution in [3.8, 4) is 0 Å². The molecule has 0 heteroatoms. The first kappa shape index (κ1) is 13.1. The van der Waals surface area contributed by atoms with Crippen LogP contribution < -0.4 is 0 Å². The van der Waals surface area contributed by atoms with Crippen molar-refractivity contribution in [3.05, 3.63) is 0 Å². The lowest BCUT2D eigenvalue weighted by Crippen LogP contribution is -2.23. The van der Waals surface area contributed by atoms with Crippen molar-refractivity contribution in [2.45, 2.75) is 73.1 Å². The Morgan fingerprint density at radius 3 is 1.67 bits per heavy atom. The number of hydrogen-bond donors (Lipinski definition) is 0. The molecule has 0 aromatic rings. The molecule has 0 aromatic heterocycles. The maximum Gasteiger partial charge on any atom is -0.0354 e. The fourth-order valence-electron chi connectivity index (χ4n) is 3.07. The second-order valence-corrected chi connectivity index (χ2v) is 6.93. The van der Waals surface area contributed by atoms with E-state index in [9.17, 15) is 0 Å². The van der Waals surface area contributed by atoms with Crippen molar-refractivity contribution >= 4 is 0 Å². The molecular formula is C15H30. The average Bonchev–Trinajstić information content (AvgIpc) is 1.99. The van der Waals surface area contributed by atoms with E-state index in [2.05, 4.69) is 34.6 Å². The van der Waals surface area contributed by atoms with Crippen molar-refractivity contribution in [1.82, 2.24) is 0 Å². The smallest absolute Gasteiger partial charge is 0.0354 e. The molecule has 0 heterocycles. The van der Waals surface area contributed by atoms with Crippen LogP contribution in [0.3, 0.4) is 0 Å². The molecule has 0 aliphatic heterocycles. The average molecular weight is 210 g/mol. The van der Waals surface area contributed by atoms with Crippen LogP contribution in [0.15, 0.2) is 0 Å². The van der Waals surface area contributed by atoms with Crippen molar-refractivity contribution < 1.29 is 0 Å². The summed E-state index contributed by atoms with van der Waals surface area (Å²) in [4.78, 5) is 0. The highest BCUT2D eigenvalue weighted by Gasteiger charge is 2.26. The highest BCUT2D eigenvalue weighted by Crippen LogP contribution is 2.38. The van der Waals surface area contributed by atoms with Gasteiger partial charge in [-0.3, -0.25) is 0 Å². The molecule has 0 atom stereocenters. The highest BCUT2D eigenvalue weighted by molar-refractivity contribution is 4.77. The standard InChI is InChI=1S/C15H30/c1-12(2)13-8-6-10-14(11-7-9-13)15(3,4)5/h12-14H,6-11H2,1-5H3. The molecule has 0 aromatic carbocycles. The van der Waals surface area contributed by atoms with Crippen molar-refractivity contribution in [3.63, 3.8) is 0 Å². The van der Waals surface area contributed by atoms with E-state index in [1.54, 1.807) is 0 Å². The van der Waals surface area contributed by atoms with Crippen molar-refractivity contribution in [2.75, 3.05) is 0 Å². The van der Waals surface area contributed by atoms with E-state index in [1.165, 1.54) is 38.5 Å². The van der Waals surface area contributed by atoms with Gasteiger partial charge >= 0.3 is 0 Å². The van der Waals surface area contributed by atoms with Crippen LogP contribution in [0.1, 0.15) is 73.1 Å². The molecule has 1 aliphatic rings. The third-order valence-corrected chi connectivity index (χ3v) is 4.42. The Morgan fingerprint density at radius 2 is 1.33 bits per heavy atom. The summed E-state index contributed by atoms with van der Waals surface area (Å²) >= 11 is 0. The van der Waals surface area contributed by atoms with E-state index >= 15 is 0 Å². The van der Waals surface area contributed by atoms with Gasteiger partial charge in [-0.05, 0) is 36.0 Å². The second-order valence-electron chi connectivity index (χ2n) is 6.93. The molecule has 15 heavy (non-hydrogen) atoms. The molecule has 0 bridgehead atoms. The van der Waals surface area contributed by atoms with Gasteiger partial charge in [0.2, 0.25) is 0 Å². The minimum absolute atomic E-state index is 0.532. The third-order valence-electron chi connectivity index (χ3n) is 4.42. The van der Waals surface area contributed by atoms with E-state index < -0.39 is 0 Å². The second kappa shape index (κ2) is 5.37. The summed E-state index contributed by atoms with van der Waals surface area (Å²) in [6.07, 6.45) is 8.81. The summed E-state index contributed by atoms with van der Waals surface area (Å²) in [5, 5.41) is 0. The molecule has 0 saturated heterocycles. The van der Waals surface area contributed by atoms with E-state index in [1.807, 2.05) is 0 Å². The molecular weight excluding hydrogens is 180 g/mol. The van der Waals surface area contributed by atoms with E-state index in [0.717, 1.165) is 17.8 Å². The molecule has 0 spiro atoms. The predicted molar refractivity (Wildman–Crippen MR) is 69.0 cm³/mol. The lowest BCUT2D eigenvalue weighted by Gasteiger charge is -2.34. The Labute approximate surface area is 96.8 Å². The van der Waals surface area contributed by atoms with E-state index in [-0.39, 0.29) is 0 Å². The van der Waals surface area contributed by atoms with Gasteiger partial charge in [-0.25, -0.2) is 0 Å². The summed E-state index contributed by atoms with van der Waals surface area (Å²) < 4.78 is 0. The highest BCUT2D eigenvalue weighted by atomic mass is 14.3. The minimum Gasteiger partial charge on any atom is -0.0625 e. The summed E-state index contributed by atoms with van der Waals surface area (Å²) in [6, 6.07) is 0. The van der Waals surface area contributed by atoms with E-state index in [0.29, 0.717) is 5.41 Å². The fraction of sp³-hybridized carbons (Fsp3) is 1.00. The van der Waals surface area contributed by atoms with Gasteiger partial charge < -0.3 is 0 Å². The zero-order valence-electron chi connectivity index (χ0n) is 11.5. The molecule has 1 fully saturated rings. The zero-order chi connectivity index (χ0) is 11.5. The minimum atomic E-state index is 0.532. The fourth-order valence-corrected chi connectivity index (χ4v) is 3.07. The summed E-state index contributed by atoms with van der Waals surface area (Å²) in [5.41, 5.74) is 0.532. The molecule has 90 valence electrons. The molecule has 0 amide bonds. The van der Waals surface area contributed by atoms with Crippen LogP contribution >= 0.6 is 0 Å². The summed E-state index contributed by atoms with van der Waals surface area (Å²) in [5.74, 6) is 2.87. The lowest BCUT2D eigenvalue weighted by atomic mass is 9.71. The molecule has 1 aliphatic carbocycles. The first-order valence-electron chi connectivity index (χ1n) is 6.91. The quantitative estimate of drug-likeness (QED) is 0.552. The predicted octanol–water partition coefficient (Wildman–Crippen LogP) is 5.28. The molecule has 1 rings (SSSR count). The monoisotopic (exact) mass is 210 g/mol. The normalized spacial score (nSPS) is 30.0. The van der Waals surface area contributed by atoms with Crippen LogP contribution in [0.5, 0.6) is 0 Å². The maximum atomic E-state index is 2.42. The summed E-state index contributed by atoms with van der Waals surface area (Å²) in [7, 11) is 0. The topological polar surface area (TPSA) is 0 Å². The Hall–Kier alpha value is 0. The van der Waals surface area contributed by atoms with Gasteiger partial charge in [0.15, 0.2) is 0 Å². The van der Waals surface area contributed by atoms with Crippen LogP contribution in [-0.2, 0) is 0 Å². The van der Waals surface area contributed by atoms with Crippen molar-refractivity contribution in [2.24, 2.45) is 23.2 Å². The van der Waals surface area contributed by atoms with Gasteiger partial charge in [-0.2, -0.15) is 0 Å². The number of hydrogen-bond acceptors (Lipinski definition) is 0. The van der Waals surface area contributed by atoms with Crippen LogP contribution in [-0.4, -0.2) is 0 Å². The Balaban J connectivity index is 2.44. The van der Waals surface area contributed by atoms with Crippen molar-refractivity contribution in [1.29, 1.82) is 0 Å². The van der Waals surface area contributed by atoms with Gasteiger partial charge in [0.25, 0.3) is 0 Å². The SMILES string of the molecule is CC(C)C1CCCC(C(C)(C)C)CCC1. The first-order valence-corrected chi connectivity index (χ1v) is 6.91. The zero-order valence-corrected chi connectivity index (χ0v) is 11.5. The summed E-state index contributed by atoms with van der Waals surface area (Å²) in [6.45, 7) is 12.0. The molecule has 0 radical (unpaired) electrons. The Bertz CT molecular complexity index is 163. The van der Waals surface area contributed by atoms with Crippen LogP contribution in [0.4, 0.5) is 0 Å². The molecule has 0 unspecified atom stereocenters. The first-order chi connectivity index (χ1) is 6.91. The van der Waals surface area contributed by atoms with Crippen LogP contribution in [0.2, 0.25) is 0 Å². The Morgan fingerprint density at radius 1 is 0.867 bits per heavy atom. The van der Waals surface area contributed by atoms with Crippen LogP contribution in [0, 0.1) is 23.2 Å². The molecule has 0 nitrogen and oxygen atoms in total. The van der Waals surface area contributed by atoms with Gasteiger partial charge in [0, 0.05) is 0 Å². The van der Waals surface area contributed by atoms with E-state index in [4.69, 9.17) is 0 Å². The van der Waals surface area contributed by atoms with Gasteiger partial charge in [0.1, 0.15) is 0 Å². The largest absolute Gasteiger partial charge is 0.0625 e.